The highest BCUT2D eigenvalue weighted by atomic mass is 32.1. The fraction of sp³-hybridized carbons (Fsp3) is 0. The van der Waals surface area contributed by atoms with Crippen LogP contribution in [0.4, 0.5) is 17.1 Å². The van der Waals surface area contributed by atoms with E-state index in [1.165, 1.54) is 4.70 Å². The molecule has 8 rings (SSSR count). The maximum absolute atomic E-state index is 6.23. The molecule has 0 bridgehead atoms. The van der Waals surface area contributed by atoms with E-state index in [1.54, 1.807) is 11.3 Å². The van der Waals surface area contributed by atoms with E-state index >= 15 is 0 Å². The summed E-state index contributed by atoms with van der Waals surface area (Å²) in [5, 5.41) is 3.31. The second-order valence-corrected chi connectivity index (χ2v) is 11.1. The van der Waals surface area contributed by atoms with Gasteiger partial charge in [0, 0.05) is 39.5 Å². The summed E-state index contributed by atoms with van der Waals surface area (Å²) in [5.74, 6) is 0. The molecular weight excluding hydrogens is 520 g/mol. The van der Waals surface area contributed by atoms with Crippen molar-refractivity contribution in [3.8, 4) is 21.7 Å². The molecule has 0 N–H and O–H groups in total. The Morgan fingerprint density at radius 1 is 0.488 bits per heavy atom. The Bertz CT molecular complexity index is 2150. The van der Waals surface area contributed by atoms with Crippen molar-refractivity contribution in [3.05, 3.63) is 146 Å². The molecule has 194 valence electrons. The molecule has 41 heavy (non-hydrogen) atoms. The van der Waals surface area contributed by atoms with Gasteiger partial charge in [0.25, 0.3) is 0 Å². The summed E-state index contributed by atoms with van der Waals surface area (Å²) in [4.78, 5) is 7.21. The second-order valence-electron chi connectivity index (χ2n) is 10.1. The lowest BCUT2D eigenvalue weighted by Crippen LogP contribution is -2.09. The summed E-state index contributed by atoms with van der Waals surface area (Å²) in [7, 11) is 0. The minimum absolute atomic E-state index is 0.882. The van der Waals surface area contributed by atoms with Gasteiger partial charge in [-0.3, -0.25) is 0 Å². The third kappa shape index (κ3) is 4.26. The molecule has 2 aromatic heterocycles. The van der Waals surface area contributed by atoms with E-state index in [9.17, 15) is 0 Å². The van der Waals surface area contributed by atoms with E-state index in [0.29, 0.717) is 0 Å². The zero-order valence-corrected chi connectivity index (χ0v) is 22.9. The van der Waals surface area contributed by atoms with Crippen LogP contribution in [0.3, 0.4) is 0 Å². The first-order valence-electron chi connectivity index (χ1n) is 13.6. The largest absolute Gasteiger partial charge is 0.456 e. The first kappa shape index (κ1) is 23.7. The molecule has 0 saturated carbocycles. The number of furan rings is 1. The Morgan fingerprint density at radius 3 is 1.98 bits per heavy atom. The van der Waals surface area contributed by atoms with Crippen molar-refractivity contribution < 1.29 is 4.42 Å². The predicted molar refractivity (Wildman–Crippen MR) is 172 cm³/mol. The summed E-state index contributed by atoms with van der Waals surface area (Å²) in [6.45, 7) is 0. The van der Waals surface area contributed by atoms with E-state index < -0.39 is 0 Å². The molecule has 0 saturated heterocycles. The van der Waals surface area contributed by atoms with Crippen LogP contribution < -0.4 is 4.90 Å². The van der Waals surface area contributed by atoms with E-state index in [4.69, 9.17) is 9.40 Å². The van der Waals surface area contributed by atoms with Gasteiger partial charge in [0.1, 0.15) is 16.2 Å². The molecule has 0 aliphatic carbocycles. The van der Waals surface area contributed by atoms with Gasteiger partial charge in [-0.2, -0.15) is 0 Å². The van der Waals surface area contributed by atoms with Gasteiger partial charge in [-0.15, -0.1) is 11.3 Å². The topological polar surface area (TPSA) is 29.3 Å². The summed E-state index contributed by atoms with van der Waals surface area (Å²) in [5.41, 5.74) is 9.50. The molecule has 3 nitrogen and oxygen atoms in total. The van der Waals surface area contributed by atoms with Crippen LogP contribution in [0, 0.1) is 0 Å². The van der Waals surface area contributed by atoms with Crippen molar-refractivity contribution in [1.29, 1.82) is 0 Å². The van der Waals surface area contributed by atoms with Gasteiger partial charge in [-0.25, -0.2) is 4.98 Å². The SMILES string of the molecule is c1ccc(-c2nc3cc(-c4ccc(N(c5ccccc5)c5ccc6c(c5)oc5ccccc56)cc4)ccc3s2)cc1. The van der Waals surface area contributed by atoms with E-state index in [1.807, 2.05) is 24.3 Å². The summed E-state index contributed by atoms with van der Waals surface area (Å²) < 4.78 is 7.42. The molecular formula is C37H24N2OS. The Morgan fingerprint density at radius 2 is 1.15 bits per heavy atom. The Labute approximate surface area is 241 Å². The number of hydrogen-bond acceptors (Lipinski definition) is 4. The minimum Gasteiger partial charge on any atom is -0.456 e. The lowest BCUT2D eigenvalue weighted by atomic mass is 10.0. The van der Waals surface area contributed by atoms with Crippen LogP contribution in [0.2, 0.25) is 0 Å². The number of rotatable bonds is 5. The number of aromatic nitrogens is 1. The zero-order valence-electron chi connectivity index (χ0n) is 22.1. The smallest absolute Gasteiger partial charge is 0.137 e. The minimum atomic E-state index is 0.882. The van der Waals surface area contributed by atoms with Gasteiger partial charge in [0.15, 0.2) is 0 Å². The van der Waals surface area contributed by atoms with Gasteiger partial charge in [0.2, 0.25) is 0 Å². The first-order chi connectivity index (χ1) is 20.3. The van der Waals surface area contributed by atoms with Crippen molar-refractivity contribution in [1.82, 2.24) is 4.98 Å². The van der Waals surface area contributed by atoms with Crippen molar-refractivity contribution in [2.24, 2.45) is 0 Å². The highest BCUT2D eigenvalue weighted by Crippen LogP contribution is 2.39. The maximum Gasteiger partial charge on any atom is 0.137 e. The van der Waals surface area contributed by atoms with E-state index in [-0.39, 0.29) is 0 Å². The van der Waals surface area contributed by atoms with Gasteiger partial charge in [-0.05, 0) is 65.7 Å². The lowest BCUT2D eigenvalue weighted by Gasteiger charge is -2.25. The number of hydrogen-bond donors (Lipinski definition) is 0. The number of benzene rings is 6. The van der Waals surface area contributed by atoms with Crippen LogP contribution in [0.15, 0.2) is 150 Å². The quantitative estimate of drug-likeness (QED) is 0.216. The van der Waals surface area contributed by atoms with Crippen LogP contribution in [-0.2, 0) is 0 Å². The van der Waals surface area contributed by atoms with Crippen molar-refractivity contribution in [2.45, 2.75) is 0 Å². The molecule has 0 radical (unpaired) electrons. The third-order valence-electron chi connectivity index (χ3n) is 7.50. The summed E-state index contributed by atoms with van der Waals surface area (Å²) in [6.07, 6.45) is 0. The Kier molecular flexibility index (Phi) is 5.64. The molecule has 0 aliphatic rings. The Hall–Kier alpha value is -5.19. The molecule has 0 amide bonds. The van der Waals surface area contributed by atoms with Gasteiger partial charge < -0.3 is 9.32 Å². The van der Waals surface area contributed by atoms with Gasteiger partial charge in [0.05, 0.1) is 10.2 Å². The van der Waals surface area contributed by atoms with Crippen LogP contribution in [0.25, 0.3) is 53.9 Å². The predicted octanol–water partition coefficient (Wildman–Crippen LogP) is 11.0. The molecule has 0 atom stereocenters. The molecule has 0 aliphatic heterocycles. The first-order valence-corrected chi connectivity index (χ1v) is 14.4. The van der Waals surface area contributed by atoms with Crippen LogP contribution in [0.5, 0.6) is 0 Å². The number of anilines is 3. The molecule has 0 spiro atoms. The third-order valence-corrected chi connectivity index (χ3v) is 8.59. The zero-order chi connectivity index (χ0) is 27.2. The summed E-state index contributed by atoms with van der Waals surface area (Å²) >= 11 is 1.73. The maximum atomic E-state index is 6.23. The normalized spacial score (nSPS) is 11.4. The van der Waals surface area contributed by atoms with Gasteiger partial charge >= 0.3 is 0 Å². The number of fused-ring (bicyclic) bond motifs is 4. The van der Waals surface area contributed by atoms with Crippen LogP contribution >= 0.6 is 11.3 Å². The summed E-state index contributed by atoms with van der Waals surface area (Å²) in [6, 6.07) is 50.8. The van der Waals surface area contributed by atoms with Gasteiger partial charge in [-0.1, -0.05) is 84.9 Å². The molecule has 6 aromatic carbocycles. The fourth-order valence-electron chi connectivity index (χ4n) is 5.49. The Balaban J connectivity index is 1.17. The van der Waals surface area contributed by atoms with Crippen molar-refractivity contribution in [3.63, 3.8) is 0 Å². The molecule has 4 heteroatoms. The average molecular weight is 545 g/mol. The monoisotopic (exact) mass is 544 g/mol. The highest BCUT2D eigenvalue weighted by molar-refractivity contribution is 7.21. The lowest BCUT2D eigenvalue weighted by molar-refractivity contribution is 0.669. The molecule has 2 heterocycles. The number of para-hydroxylation sites is 2. The van der Waals surface area contributed by atoms with E-state index in [0.717, 1.165) is 66.2 Å². The number of thiazole rings is 1. The van der Waals surface area contributed by atoms with Crippen molar-refractivity contribution >= 4 is 60.6 Å². The van der Waals surface area contributed by atoms with Crippen LogP contribution in [-0.4, -0.2) is 4.98 Å². The average Bonchev–Trinajstić information content (AvgIpc) is 3.63. The van der Waals surface area contributed by atoms with Crippen LogP contribution in [0.1, 0.15) is 0 Å². The molecule has 8 aromatic rings. The molecule has 0 unspecified atom stereocenters. The van der Waals surface area contributed by atoms with Crippen molar-refractivity contribution in [2.75, 3.05) is 4.90 Å². The molecule has 0 fully saturated rings. The fourth-order valence-corrected chi connectivity index (χ4v) is 6.44. The number of nitrogens with zero attached hydrogens (tertiary/aromatic N) is 2. The van der Waals surface area contributed by atoms with E-state index in [2.05, 4.69) is 126 Å². The highest BCUT2D eigenvalue weighted by Gasteiger charge is 2.16. The standard InChI is InChI=1S/C37H24N2OS/c1-3-9-26(10-4-1)37-38-33-23-27(17-22-36(33)41-37)25-15-18-29(19-16-25)39(28-11-5-2-6-12-28)30-20-21-32-31-13-7-8-14-34(31)40-35(32)24-30/h1-24H. The second kappa shape index (κ2) is 9.77.